The molecule has 154 valence electrons. The minimum Gasteiger partial charge on any atom is -0.486 e. The third-order valence-electron chi connectivity index (χ3n) is 5.15. The van der Waals surface area contributed by atoms with Crippen LogP contribution >= 0.6 is 0 Å². The van der Waals surface area contributed by atoms with E-state index in [1.807, 2.05) is 42.1 Å². The van der Waals surface area contributed by atoms with Crippen LogP contribution in [0.4, 0.5) is 0 Å². The third-order valence-corrected chi connectivity index (χ3v) is 5.15. The average molecular weight is 407 g/mol. The molecule has 1 amide bonds. The molecule has 0 bridgehead atoms. The van der Waals surface area contributed by atoms with Gasteiger partial charge in [-0.2, -0.15) is 0 Å². The molecule has 2 aliphatic heterocycles. The number of carbonyl (C=O) groups is 1. The molecule has 0 saturated carbocycles. The molecule has 8 nitrogen and oxygen atoms in total. The summed E-state index contributed by atoms with van der Waals surface area (Å²) in [6.45, 7) is 1.23. The number of rotatable bonds is 5. The summed E-state index contributed by atoms with van der Waals surface area (Å²) in [5.74, 6) is 3.25. The third kappa shape index (κ3) is 3.52. The normalized spacial score (nSPS) is 16.4. The largest absolute Gasteiger partial charge is 0.486 e. The van der Waals surface area contributed by atoms with Crippen molar-refractivity contribution in [3.05, 3.63) is 66.2 Å². The predicted molar refractivity (Wildman–Crippen MR) is 107 cm³/mol. The molecule has 2 aliphatic rings. The maximum atomic E-state index is 13.4. The fourth-order valence-corrected chi connectivity index (χ4v) is 3.55. The lowest BCUT2D eigenvalue weighted by Gasteiger charge is -2.31. The second-order valence-electron chi connectivity index (χ2n) is 7.21. The fourth-order valence-electron chi connectivity index (χ4n) is 3.55. The number of amides is 1. The molecule has 0 aliphatic carbocycles. The van der Waals surface area contributed by atoms with Crippen LogP contribution in [0, 0.1) is 0 Å². The summed E-state index contributed by atoms with van der Waals surface area (Å²) in [7, 11) is 1.90. The number of ether oxygens (including phenoxy) is 4. The van der Waals surface area contributed by atoms with Crippen LogP contribution in [0.25, 0.3) is 0 Å². The second kappa shape index (κ2) is 7.62. The Balaban J connectivity index is 1.39. The van der Waals surface area contributed by atoms with Crippen molar-refractivity contribution in [3.8, 4) is 23.0 Å². The van der Waals surface area contributed by atoms with Gasteiger partial charge in [0.2, 0.25) is 6.79 Å². The van der Waals surface area contributed by atoms with Crippen molar-refractivity contribution in [3.63, 3.8) is 0 Å². The summed E-state index contributed by atoms with van der Waals surface area (Å²) in [6, 6.07) is 12.7. The molecule has 2 aromatic carbocycles. The number of para-hydroxylation sites is 2. The Morgan fingerprint density at radius 3 is 2.73 bits per heavy atom. The average Bonchev–Trinajstić information content (AvgIpc) is 3.41. The van der Waals surface area contributed by atoms with Gasteiger partial charge in [0.15, 0.2) is 29.1 Å². The zero-order valence-electron chi connectivity index (χ0n) is 16.5. The summed E-state index contributed by atoms with van der Waals surface area (Å²) in [5, 5.41) is 0. The number of aryl methyl sites for hydroxylation is 1. The standard InChI is InChI=1S/C22H21N3O5/c1-24-9-8-23-21(24)12-25(11-16-13-27-17-4-2-3-5-19(17)30-16)22(26)15-6-7-18-20(10-15)29-14-28-18/h2-10,16H,11-14H2,1H3/t16-/m0/s1. The van der Waals surface area contributed by atoms with Crippen LogP contribution < -0.4 is 18.9 Å². The van der Waals surface area contributed by atoms with E-state index in [0.29, 0.717) is 48.3 Å². The number of carbonyl (C=O) groups excluding carboxylic acids is 1. The van der Waals surface area contributed by atoms with Crippen molar-refractivity contribution in [1.82, 2.24) is 14.5 Å². The van der Waals surface area contributed by atoms with Gasteiger partial charge in [-0.15, -0.1) is 0 Å². The maximum absolute atomic E-state index is 13.4. The Labute approximate surface area is 173 Å². The van der Waals surface area contributed by atoms with Gasteiger partial charge in [-0.05, 0) is 30.3 Å². The van der Waals surface area contributed by atoms with Gasteiger partial charge in [-0.25, -0.2) is 4.98 Å². The molecule has 1 aromatic heterocycles. The highest BCUT2D eigenvalue weighted by Gasteiger charge is 2.28. The molecule has 0 N–H and O–H groups in total. The van der Waals surface area contributed by atoms with Crippen LogP contribution in [-0.2, 0) is 13.6 Å². The van der Waals surface area contributed by atoms with Crippen LogP contribution in [0.3, 0.4) is 0 Å². The highest BCUT2D eigenvalue weighted by Crippen LogP contribution is 2.34. The number of nitrogens with zero attached hydrogens (tertiary/aromatic N) is 3. The molecule has 3 heterocycles. The van der Waals surface area contributed by atoms with E-state index in [1.165, 1.54) is 0 Å². The summed E-state index contributed by atoms with van der Waals surface area (Å²) in [5.41, 5.74) is 0.519. The molecule has 1 atom stereocenters. The highest BCUT2D eigenvalue weighted by molar-refractivity contribution is 5.95. The van der Waals surface area contributed by atoms with E-state index in [0.717, 1.165) is 5.82 Å². The van der Waals surface area contributed by atoms with Gasteiger partial charge in [0.1, 0.15) is 12.4 Å². The minimum atomic E-state index is -0.293. The number of hydrogen-bond acceptors (Lipinski definition) is 6. The van der Waals surface area contributed by atoms with Crippen LogP contribution in [0.1, 0.15) is 16.2 Å². The topological polar surface area (TPSA) is 75.1 Å². The van der Waals surface area contributed by atoms with Crippen LogP contribution in [0.5, 0.6) is 23.0 Å². The van der Waals surface area contributed by atoms with E-state index in [4.69, 9.17) is 18.9 Å². The lowest BCUT2D eigenvalue weighted by molar-refractivity contribution is 0.0436. The van der Waals surface area contributed by atoms with Crippen molar-refractivity contribution in [2.24, 2.45) is 7.05 Å². The van der Waals surface area contributed by atoms with Gasteiger partial charge >= 0.3 is 0 Å². The number of imidazole rings is 1. The van der Waals surface area contributed by atoms with Crippen LogP contribution in [-0.4, -0.2) is 46.4 Å². The van der Waals surface area contributed by atoms with E-state index in [-0.39, 0.29) is 18.8 Å². The van der Waals surface area contributed by atoms with Crippen molar-refractivity contribution >= 4 is 5.91 Å². The Bertz CT molecular complexity index is 1080. The van der Waals surface area contributed by atoms with E-state index in [2.05, 4.69) is 4.98 Å². The van der Waals surface area contributed by atoms with Gasteiger partial charge in [-0.3, -0.25) is 4.79 Å². The Kier molecular flexibility index (Phi) is 4.66. The van der Waals surface area contributed by atoms with E-state index >= 15 is 0 Å². The molecule has 0 radical (unpaired) electrons. The first-order valence-electron chi connectivity index (χ1n) is 9.71. The van der Waals surface area contributed by atoms with Gasteiger partial charge in [0.25, 0.3) is 5.91 Å². The molecule has 0 spiro atoms. The van der Waals surface area contributed by atoms with Gasteiger partial charge < -0.3 is 28.4 Å². The van der Waals surface area contributed by atoms with Gasteiger partial charge in [0, 0.05) is 25.0 Å². The summed E-state index contributed by atoms with van der Waals surface area (Å²) in [4.78, 5) is 19.5. The van der Waals surface area contributed by atoms with Crippen molar-refractivity contribution in [2.75, 3.05) is 19.9 Å². The first-order valence-corrected chi connectivity index (χ1v) is 9.71. The molecule has 0 saturated heterocycles. The SMILES string of the molecule is Cn1ccnc1CN(C[C@H]1COc2ccccc2O1)C(=O)c1ccc2c(c1)OCO2. The quantitative estimate of drug-likeness (QED) is 0.647. The van der Waals surface area contributed by atoms with Crippen molar-refractivity contribution < 1.29 is 23.7 Å². The zero-order chi connectivity index (χ0) is 20.5. The lowest BCUT2D eigenvalue weighted by atomic mass is 10.1. The molecule has 5 rings (SSSR count). The van der Waals surface area contributed by atoms with Crippen LogP contribution in [0.2, 0.25) is 0 Å². The summed E-state index contributed by atoms with van der Waals surface area (Å²) < 4.78 is 24.6. The molecule has 0 fully saturated rings. The predicted octanol–water partition coefficient (Wildman–Crippen LogP) is 2.63. The number of benzene rings is 2. The van der Waals surface area contributed by atoms with Crippen molar-refractivity contribution in [1.29, 1.82) is 0 Å². The fraction of sp³-hybridized carbons (Fsp3) is 0.273. The smallest absolute Gasteiger partial charge is 0.254 e. The van der Waals surface area contributed by atoms with E-state index in [1.54, 1.807) is 29.3 Å². The first kappa shape index (κ1) is 18.4. The maximum Gasteiger partial charge on any atom is 0.254 e. The van der Waals surface area contributed by atoms with E-state index < -0.39 is 0 Å². The zero-order valence-corrected chi connectivity index (χ0v) is 16.5. The molecular formula is C22H21N3O5. The monoisotopic (exact) mass is 407 g/mol. The Morgan fingerprint density at radius 2 is 1.90 bits per heavy atom. The Morgan fingerprint density at radius 1 is 1.10 bits per heavy atom. The number of aromatic nitrogens is 2. The molecule has 0 unspecified atom stereocenters. The first-order chi connectivity index (χ1) is 14.7. The number of hydrogen-bond donors (Lipinski definition) is 0. The molecule has 3 aromatic rings. The molecule has 8 heteroatoms. The lowest BCUT2D eigenvalue weighted by Crippen LogP contribution is -2.43. The van der Waals surface area contributed by atoms with Crippen LogP contribution in [0.15, 0.2) is 54.9 Å². The molecular weight excluding hydrogens is 386 g/mol. The van der Waals surface area contributed by atoms with Gasteiger partial charge in [0.05, 0.1) is 13.1 Å². The molecule has 30 heavy (non-hydrogen) atoms. The van der Waals surface area contributed by atoms with E-state index in [9.17, 15) is 4.79 Å². The summed E-state index contributed by atoms with van der Waals surface area (Å²) >= 11 is 0. The van der Waals surface area contributed by atoms with Crippen molar-refractivity contribution in [2.45, 2.75) is 12.6 Å². The number of fused-ring (bicyclic) bond motifs is 2. The minimum absolute atomic E-state index is 0.140. The highest BCUT2D eigenvalue weighted by atomic mass is 16.7. The Hall–Kier alpha value is -3.68. The summed E-state index contributed by atoms with van der Waals surface area (Å²) in [6.07, 6.45) is 3.28. The second-order valence-corrected chi connectivity index (χ2v) is 7.21. The van der Waals surface area contributed by atoms with Gasteiger partial charge in [-0.1, -0.05) is 12.1 Å².